The molecule has 3 fully saturated rings. The SMILES string of the molecule is Cl.O=C(NC1CCNCC1)C1(Cc2ccccc2)CC2CCC1C2. The number of benzene rings is 1. The van der Waals surface area contributed by atoms with Gasteiger partial charge in [0.15, 0.2) is 0 Å². The molecule has 132 valence electrons. The quantitative estimate of drug-likeness (QED) is 0.876. The third-order valence-electron chi connectivity index (χ3n) is 6.46. The predicted molar refractivity (Wildman–Crippen MR) is 99.3 cm³/mol. The average Bonchev–Trinajstić information content (AvgIpc) is 3.18. The van der Waals surface area contributed by atoms with Crippen LogP contribution in [0.5, 0.6) is 0 Å². The summed E-state index contributed by atoms with van der Waals surface area (Å²) in [6.45, 7) is 2.06. The number of rotatable bonds is 4. The number of nitrogens with one attached hydrogen (secondary N) is 2. The minimum absolute atomic E-state index is 0. The fourth-order valence-electron chi connectivity index (χ4n) is 5.27. The van der Waals surface area contributed by atoms with Gasteiger partial charge in [-0.05, 0) is 69.0 Å². The predicted octanol–water partition coefficient (Wildman–Crippen LogP) is 3.33. The van der Waals surface area contributed by atoms with Crippen molar-refractivity contribution in [1.29, 1.82) is 0 Å². The summed E-state index contributed by atoms with van der Waals surface area (Å²) in [4.78, 5) is 13.3. The van der Waals surface area contributed by atoms with Gasteiger partial charge in [-0.15, -0.1) is 12.4 Å². The van der Waals surface area contributed by atoms with Gasteiger partial charge in [0.2, 0.25) is 5.91 Å². The average molecular weight is 349 g/mol. The van der Waals surface area contributed by atoms with Crippen LogP contribution < -0.4 is 10.6 Å². The third kappa shape index (κ3) is 3.34. The van der Waals surface area contributed by atoms with Crippen LogP contribution in [0.1, 0.15) is 44.1 Å². The maximum atomic E-state index is 13.3. The number of fused-ring (bicyclic) bond motifs is 2. The molecule has 1 aromatic rings. The van der Waals surface area contributed by atoms with Crippen LogP contribution in [0.4, 0.5) is 0 Å². The summed E-state index contributed by atoms with van der Waals surface area (Å²) in [5, 5.41) is 6.81. The van der Waals surface area contributed by atoms with Crippen molar-refractivity contribution in [3.8, 4) is 0 Å². The summed E-state index contributed by atoms with van der Waals surface area (Å²) in [7, 11) is 0. The monoisotopic (exact) mass is 348 g/mol. The lowest BCUT2D eigenvalue weighted by molar-refractivity contribution is -0.135. The molecule has 3 aliphatic rings. The van der Waals surface area contributed by atoms with Gasteiger partial charge in [-0.1, -0.05) is 36.8 Å². The molecule has 24 heavy (non-hydrogen) atoms. The Hall–Kier alpha value is -1.06. The second kappa shape index (κ2) is 7.45. The lowest BCUT2D eigenvalue weighted by Gasteiger charge is -2.38. The van der Waals surface area contributed by atoms with E-state index in [4.69, 9.17) is 0 Å². The number of amides is 1. The van der Waals surface area contributed by atoms with Gasteiger partial charge in [0, 0.05) is 6.04 Å². The smallest absolute Gasteiger partial charge is 0.227 e. The van der Waals surface area contributed by atoms with Gasteiger partial charge in [-0.3, -0.25) is 4.79 Å². The molecule has 2 saturated carbocycles. The molecule has 3 nitrogen and oxygen atoms in total. The second-order valence-electron chi connectivity index (χ2n) is 7.90. The molecule has 1 heterocycles. The largest absolute Gasteiger partial charge is 0.353 e. The van der Waals surface area contributed by atoms with E-state index < -0.39 is 0 Å². The molecule has 0 radical (unpaired) electrons. The minimum Gasteiger partial charge on any atom is -0.353 e. The Morgan fingerprint density at radius 1 is 1.12 bits per heavy atom. The Balaban J connectivity index is 0.00000169. The van der Waals surface area contributed by atoms with Crippen molar-refractivity contribution < 1.29 is 4.79 Å². The lowest BCUT2D eigenvalue weighted by Crippen LogP contribution is -2.51. The summed E-state index contributed by atoms with van der Waals surface area (Å²) in [5.41, 5.74) is 1.18. The van der Waals surface area contributed by atoms with E-state index in [1.807, 2.05) is 0 Å². The Kier molecular flexibility index (Phi) is 5.51. The number of carbonyl (C=O) groups is 1. The molecule has 1 saturated heterocycles. The molecule has 1 aromatic carbocycles. The maximum Gasteiger partial charge on any atom is 0.227 e. The maximum absolute atomic E-state index is 13.3. The molecule has 0 aromatic heterocycles. The molecule has 1 aliphatic heterocycles. The van der Waals surface area contributed by atoms with E-state index in [1.54, 1.807) is 0 Å². The van der Waals surface area contributed by atoms with E-state index in [9.17, 15) is 4.79 Å². The Bertz CT molecular complexity index is 558. The molecule has 2 N–H and O–H groups in total. The number of piperidine rings is 1. The van der Waals surface area contributed by atoms with Gasteiger partial charge in [0.25, 0.3) is 0 Å². The molecule has 0 spiro atoms. The van der Waals surface area contributed by atoms with Crippen LogP contribution in [-0.2, 0) is 11.2 Å². The van der Waals surface area contributed by atoms with E-state index in [0.29, 0.717) is 17.9 Å². The van der Waals surface area contributed by atoms with Crippen LogP contribution in [0.2, 0.25) is 0 Å². The summed E-state index contributed by atoms with van der Waals surface area (Å²) in [5.74, 6) is 1.72. The van der Waals surface area contributed by atoms with Crippen molar-refractivity contribution in [1.82, 2.24) is 10.6 Å². The summed E-state index contributed by atoms with van der Waals surface area (Å²) in [6.07, 6.45) is 8.02. The van der Waals surface area contributed by atoms with Crippen LogP contribution >= 0.6 is 12.4 Å². The van der Waals surface area contributed by atoms with Crippen molar-refractivity contribution in [2.45, 2.75) is 51.0 Å². The Morgan fingerprint density at radius 2 is 1.88 bits per heavy atom. The highest BCUT2D eigenvalue weighted by atomic mass is 35.5. The van der Waals surface area contributed by atoms with Crippen LogP contribution in [0.25, 0.3) is 0 Å². The van der Waals surface area contributed by atoms with Gasteiger partial charge in [0.05, 0.1) is 5.41 Å². The van der Waals surface area contributed by atoms with Gasteiger partial charge < -0.3 is 10.6 Å². The molecule has 2 aliphatic carbocycles. The Morgan fingerprint density at radius 3 is 2.50 bits per heavy atom. The molecule has 1 amide bonds. The number of halogens is 1. The highest BCUT2D eigenvalue weighted by molar-refractivity contribution is 5.85. The second-order valence-corrected chi connectivity index (χ2v) is 7.90. The van der Waals surface area contributed by atoms with Crippen LogP contribution in [0.3, 0.4) is 0 Å². The van der Waals surface area contributed by atoms with Gasteiger partial charge in [-0.2, -0.15) is 0 Å². The normalized spacial score (nSPS) is 32.3. The number of hydrogen-bond donors (Lipinski definition) is 2. The zero-order valence-corrected chi connectivity index (χ0v) is 15.1. The first-order valence-electron chi connectivity index (χ1n) is 9.32. The van der Waals surface area contributed by atoms with E-state index in [2.05, 4.69) is 41.0 Å². The third-order valence-corrected chi connectivity index (χ3v) is 6.46. The van der Waals surface area contributed by atoms with E-state index >= 15 is 0 Å². The van der Waals surface area contributed by atoms with Crippen molar-refractivity contribution in [2.75, 3.05) is 13.1 Å². The van der Waals surface area contributed by atoms with Crippen molar-refractivity contribution in [3.05, 3.63) is 35.9 Å². The van der Waals surface area contributed by atoms with Gasteiger partial charge >= 0.3 is 0 Å². The van der Waals surface area contributed by atoms with Crippen LogP contribution in [0.15, 0.2) is 30.3 Å². The van der Waals surface area contributed by atoms with E-state index in [0.717, 1.165) is 44.7 Å². The van der Waals surface area contributed by atoms with Crippen molar-refractivity contribution in [2.24, 2.45) is 17.3 Å². The molecule has 4 heteroatoms. The highest BCUT2D eigenvalue weighted by Gasteiger charge is 2.55. The summed E-state index contributed by atoms with van der Waals surface area (Å²) in [6, 6.07) is 11.0. The first kappa shape index (κ1) is 17.8. The zero-order valence-electron chi connectivity index (χ0n) is 14.3. The molecular weight excluding hydrogens is 320 g/mol. The number of hydrogen-bond acceptors (Lipinski definition) is 2. The van der Waals surface area contributed by atoms with Crippen LogP contribution in [0, 0.1) is 17.3 Å². The topological polar surface area (TPSA) is 41.1 Å². The molecule has 2 bridgehead atoms. The fourth-order valence-corrected chi connectivity index (χ4v) is 5.27. The van der Waals surface area contributed by atoms with E-state index in [1.165, 1.54) is 24.8 Å². The van der Waals surface area contributed by atoms with Gasteiger partial charge in [0.1, 0.15) is 0 Å². The van der Waals surface area contributed by atoms with E-state index in [-0.39, 0.29) is 17.8 Å². The number of carbonyl (C=O) groups excluding carboxylic acids is 1. The molecule has 3 atom stereocenters. The summed E-state index contributed by atoms with van der Waals surface area (Å²) < 4.78 is 0. The zero-order chi connectivity index (χ0) is 15.7. The van der Waals surface area contributed by atoms with Crippen LogP contribution in [-0.4, -0.2) is 25.0 Å². The summed E-state index contributed by atoms with van der Waals surface area (Å²) >= 11 is 0. The fraction of sp³-hybridized carbons (Fsp3) is 0.650. The molecule has 4 rings (SSSR count). The first-order chi connectivity index (χ1) is 11.3. The first-order valence-corrected chi connectivity index (χ1v) is 9.32. The molecular formula is C20H29ClN2O. The Labute approximate surface area is 151 Å². The van der Waals surface area contributed by atoms with Crippen molar-refractivity contribution >= 4 is 18.3 Å². The highest BCUT2D eigenvalue weighted by Crippen LogP contribution is 2.57. The minimum atomic E-state index is -0.144. The van der Waals surface area contributed by atoms with Crippen molar-refractivity contribution in [3.63, 3.8) is 0 Å². The van der Waals surface area contributed by atoms with Gasteiger partial charge in [-0.25, -0.2) is 0 Å². The lowest BCUT2D eigenvalue weighted by atomic mass is 9.68. The standard InChI is InChI=1S/C20H28N2O.ClH/c23-19(22-18-8-10-21-11-9-18)20(13-15-4-2-1-3-5-15)14-16-6-7-17(20)12-16;/h1-5,16-18,21H,6-14H2,(H,22,23);1H. The molecule has 3 unspecified atom stereocenters.